The van der Waals surface area contributed by atoms with Gasteiger partial charge in [0.05, 0.1) is 12.5 Å². The van der Waals surface area contributed by atoms with Crippen molar-refractivity contribution in [2.45, 2.75) is 33.9 Å². The van der Waals surface area contributed by atoms with E-state index in [-0.39, 0.29) is 18.0 Å². The van der Waals surface area contributed by atoms with Crippen LogP contribution in [0.25, 0.3) is 11.0 Å². The van der Waals surface area contributed by atoms with Crippen LogP contribution in [0.4, 0.5) is 0 Å². The maximum absolute atomic E-state index is 12.8. The predicted octanol–water partition coefficient (Wildman–Crippen LogP) is 3.29. The number of rotatable bonds is 6. The first-order valence-corrected chi connectivity index (χ1v) is 9.21. The highest BCUT2D eigenvalue weighted by molar-refractivity contribution is 5.95. The second-order valence-electron chi connectivity index (χ2n) is 6.64. The number of esters is 1. The highest BCUT2D eigenvalue weighted by atomic mass is 16.5. The van der Waals surface area contributed by atoms with Crippen molar-refractivity contribution in [1.82, 2.24) is 9.55 Å². The van der Waals surface area contributed by atoms with Crippen molar-refractivity contribution >= 4 is 22.8 Å². The van der Waals surface area contributed by atoms with Crippen LogP contribution in [0, 0.1) is 6.92 Å². The van der Waals surface area contributed by atoms with Gasteiger partial charge in [0.1, 0.15) is 23.6 Å². The summed E-state index contributed by atoms with van der Waals surface area (Å²) < 4.78 is 12.4. The monoisotopic (exact) mass is 394 g/mol. The van der Waals surface area contributed by atoms with E-state index in [1.54, 1.807) is 34.9 Å². The number of aryl methyl sites for hydroxylation is 2. The minimum Gasteiger partial charge on any atom is -0.496 e. The van der Waals surface area contributed by atoms with Crippen molar-refractivity contribution in [2.24, 2.45) is 0 Å². The van der Waals surface area contributed by atoms with Crippen molar-refractivity contribution in [1.29, 1.82) is 0 Å². The molecule has 7 nitrogen and oxygen atoms in total. The SMILES string of the molecule is CCn1cc(C(=O)OCc2cc(C(C)=O)ccc2OC)c(=O)c2ccc(C)nc21. The highest BCUT2D eigenvalue weighted by Gasteiger charge is 2.18. The van der Waals surface area contributed by atoms with Crippen LogP contribution in [0.3, 0.4) is 0 Å². The fourth-order valence-electron chi connectivity index (χ4n) is 3.08. The third-order valence-electron chi connectivity index (χ3n) is 4.67. The minimum atomic E-state index is -0.741. The first-order chi connectivity index (χ1) is 13.8. The van der Waals surface area contributed by atoms with Crippen LogP contribution in [-0.4, -0.2) is 28.4 Å². The molecule has 29 heavy (non-hydrogen) atoms. The summed E-state index contributed by atoms with van der Waals surface area (Å²) >= 11 is 0. The largest absolute Gasteiger partial charge is 0.496 e. The van der Waals surface area contributed by atoms with Gasteiger partial charge in [0.15, 0.2) is 5.78 Å². The Morgan fingerprint density at radius 2 is 1.93 bits per heavy atom. The number of hydrogen-bond donors (Lipinski definition) is 0. The Kier molecular flexibility index (Phi) is 5.77. The van der Waals surface area contributed by atoms with Crippen molar-refractivity contribution in [2.75, 3.05) is 7.11 Å². The molecule has 0 radical (unpaired) electrons. The van der Waals surface area contributed by atoms with E-state index in [4.69, 9.17) is 9.47 Å². The number of hydrogen-bond acceptors (Lipinski definition) is 6. The standard InChI is InChI=1S/C22H22N2O5/c1-5-24-11-18(20(26)17-8-6-13(2)23-21(17)24)22(27)29-12-16-10-15(14(3)25)7-9-19(16)28-4/h6-11H,5,12H2,1-4H3. The lowest BCUT2D eigenvalue weighted by Crippen LogP contribution is -2.21. The number of pyridine rings is 2. The fraction of sp³-hybridized carbons (Fsp3) is 0.273. The van der Waals surface area contributed by atoms with Crippen LogP contribution in [0.2, 0.25) is 0 Å². The van der Waals surface area contributed by atoms with Crippen LogP contribution in [-0.2, 0) is 17.9 Å². The number of fused-ring (bicyclic) bond motifs is 1. The minimum absolute atomic E-state index is 0.0632. The molecule has 2 aromatic heterocycles. The first-order valence-electron chi connectivity index (χ1n) is 9.21. The van der Waals surface area contributed by atoms with E-state index in [9.17, 15) is 14.4 Å². The molecule has 0 aliphatic carbocycles. The molecule has 0 N–H and O–H groups in total. The summed E-state index contributed by atoms with van der Waals surface area (Å²) in [6.45, 7) is 5.62. The van der Waals surface area contributed by atoms with Gasteiger partial charge in [0, 0.05) is 29.6 Å². The molecule has 0 aliphatic heterocycles. The average molecular weight is 394 g/mol. The number of nitrogens with zero attached hydrogens (tertiary/aromatic N) is 2. The molecule has 0 atom stereocenters. The lowest BCUT2D eigenvalue weighted by Gasteiger charge is -2.13. The number of carbonyl (C=O) groups excluding carboxylic acids is 2. The molecule has 2 heterocycles. The van der Waals surface area contributed by atoms with Gasteiger partial charge in [0.2, 0.25) is 5.43 Å². The molecular formula is C22H22N2O5. The molecule has 3 aromatic rings. The summed E-state index contributed by atoms with van der Waals surface area (Å²) in [6.07, 6.45) is 1.47. The first kappa shape index (κ1) is 20.3. The summed E-state index contributed by atoms with van der Waals surface area (Å²) in [5.41, 5.74) is 1.86. The second kappa shape index (κ2) is 8.26. The van der Waals surface area contributed by atoms with Gasteiger partial charge >= 0.3 is 5.97 Å². The van der Waals surface area contributed by atoms with E-state index < -0.39 is 11.4 Å². The van der Waals surface area contributed by atoms with Crippen molar-refractivity contribution in [3.05, 3.63) is 69.1 Å². The van der Waals surface area contributed by atoms with E-state index in [0.29, 0.717) is 34.5 Å². The Balaban J connectivity index is 1.94. The topological polar surface area (TPSA) is 87.5 Å². The van der Waals surface area contributed by atoms with Crippen molar-refractivity contribution in [3.63, 3.8) is 0 Å². The van der Waals surface area contributed by atoms with Crippen LogP contribution in [0.5, 0.6) is 5.75 Å². The van der Waals surface area contributed by atoms with Gasteiger partial charge < -0.3 is 14.0 Å². The molecule has 0 unspecified atom stereocenters. The fourth-order valence-corrected chi connectivity index (χ4v) is 3.08. The summed E-state index contributed by atoms with van der Waals surface area (Å²) in [7, 11) is 1.49. The van der Waals surface area contributed by atoms with Crippen LogP contribution in [0.15, 0.2) is 41.3 Å². The van der Waals surface area contributed by atoms with Crippen molar-refractivity contribution < 1.29 is 19.1 Å². The van der Waals surface area contributed by atoms with E-state index in [2.05, 4.69) is 4.98 Å². The van der Waals surface area contributed by atoms with Gasteiger partial charge in [-0.15, -0.1) is 0 Å². The molecule has 0 aliphatic rings. The maximum atomic E-state index is 12.8. The number of ketones is 1. The Morgan fingerprint density at radius 1 is 1.17 bits per heavy atom. The zero-order valence-electron chi connectivity index (χ0n) is 16.8. The summed E-state index contributed by atoms with van der Waals surface area (Å²) in [4.78, 5) is 41.5. The van der Waals surface area contributed by atoms with Gasteiger partial charge in [-0.3, -0.25) is 9.59 Å². The average Bonchev–Trinajstić information content (AvgIpc) is 2.71. The molecule has 0 saturated carbocycles. The molecular weight excluding hydrogens is 372 g/mol. The van der Waals surface area contributed by atoms with Crippen LogP contribution >= 0.6 is 0 Å². The van der Waals surface area contributed by atoms with E-state index in [0.717, 1.165) is 5.69 Å². The van der Waals surface area contributed by atoms with E-state index >= 15 is 0 Å². The third-order valence-corrected chi connectivity index (χ3v) is 4.67. The Labute approximate surface area is 167 Å². The zero-order valence-corrected chi connectivity index (χ0v) is 16.8. The van der Waals surface area contributed by atoms with Gasteiger partial charge in [-0.2, -0.15) is 0 Å². The molecule has 7 heteroatoms. The molecule has 0 saturated heterocycles. The summed E-state index contributed by atoms with van der Waals surface area (Å²) in [6, 6.07) is 8.31. The van der Waals surface area contributed by atoms with Crippen LogP contribution < -0.4 is 10.2 Å². The number of carbonyl (C=O) groups is 2. The quantitative estimate of drug-likeness (QED) is 0.471. The smallest absolute Gasteiger partial charge is 0.344 e. The van der Waals surface area contributed by atoms with Gasteiger partial charge in [0.25, 0.3) is 0 Å². The Hall–Kier alpha value is -3.48. The number of Topliss-reactive ketones (excluding diaryl/α,β-unsaturated/α-hetero) is 1. The van der Waals surface area contributed by atoms with Crippen molar-refractivity contribution in [3.8, 4) is 5.75 Å². The third kappa shape index (κ3) is 4.03. The van der Waals surface area contributed by atoms with Gasteiger partial charge in [-0.05, 0) is 51.1 Å². The number of methoxy groups -OCH3 is 1. The number of ether oxygens (including phenoxy) is 2. The molecule has 0 amide bonds. The summed E-state index contributed by atoms with van der Waals surface area (Å²) in [5.74, 6) is -0.356. The summed E-state index contributed by atoms with van der Waals surface area (Å²) in [5, 5.41) is 0.364. The molecule has 0 fully saturated rings. The number of aromatic nitrogens is 2. The van der Waals surface area contributed by atoms with Crippen LogP contribution in [0.1, 0.15) is 45.8 Å². The molecule has 0 bridgehead atoms. The second-order valence-corrected chi connectivity index (χ2v) is 6.64. The lowest BCUT2D eigenvalue weighted by molar-refractivity contribution is 0.0468. The normalized spacial score (nSPS) is 10.8. The molecule has 1 aromatic carbocycles. The highest BCUT2D eigenvalue weighted by Crippen LogP contribution is 2.22. The maximum Gasteiger partial charge on any atom is 0.344 e. The zero-order chi connectivity index (χ0) is 21.1. The van der Waals surface area contributed by atoms with Gasteiger partial charge in [-0.25, -0.2) is 9.78 Å². The lowest BCUT2D eigenvalue weighted by atomic mass is 10.1. The van der Waals surface area contributed by atoms with E-state index in [1.165, 1.54) is 20.2 Å². The predicted molar refractivity (Wildman–Crippen MR) is 109 cm³/mol. The van der Waals surface area contributed by atoms with Gasteiger partial charge in [-0.1, -0.05) is 0 Å². The molecule has 0 spiro atoms. The Morgan fingerprint density at radius 3 is 2.59 bits per heavy atom. The van der Waals surface area contributed by atoms with E-state index in [1.807, 2.05) is 13.8 Å². The Bertz CT molecular complexity index is 1160. The molecule has 3 rings (SSSR count). The molecule has 150 valence electrons. The number of benzene rings is 1.